The molecular formula is C18H22N2O3S2. The number of thioether (sulfide) groups is 1. The summed E-state index contributed by atoms with van der Waals surface area (Å²) < 4.78 is 23.0. The van der Waals surface area contributed by atoms with Gasteiger partial charge in [0.1, 0.15) is 0 Å². The molecule has 2 atom stereocenters. The number of para-hydroxylation sites is 1. The van der Waals surface area contributed by atoms with Gasteiger partial charge in [-0.15, -0.1) is 0 Å². The lowest BCUT2D eigenvalue weighted by Crippen LogP contribution is -2.39. The molecule has 25 heavy (non-hydrogen) atoms. The largest absolute Gasteiger partial charge is 0.351 e. The molecule has 0 spiro atoms. The van der Waals surface area contributed by atoms with Gasteiger partial charge in [-0.1, -0.05) is 30.0 Å². The van der Waals surface area contributed by atoms with E-state index in [1.54, 1.807) is 0 Å². The molecule has 0 radical (unpaired) electrons. The highest BCUT2D eigenvalue weighted by molar-refractivity contribution is 8.00. The lowest BCUT2D eigenvalue weighted by atomic mass is 10.1. The number of hydrogen-bond acceptors (Lipinski definition) is 5. The van der Waals surface area contributed by atoms with Crippen molar-refractivity contribution in [1.29, 1.82) is 0 Å². The van der Waals surface area contributed by atoms with Crippen LogP contribution in [0.2, 0.25) is 0 Å². The van der Waals surface area contributed by atoms with Gasteiger partial charge in [-0.2, -0.15) is 0 Å². The molecule has 2 aromatic rings. The normalized spacial score (nSPS) is 20.5. The Morgan fingerprint density at radius 3 is 2.76 bits per heavy atom. The molecule has 1 fully saturated rings. The van der Waals surface area contributed by atoms with Gasteiger partial charge in [0.05, 0.1) is 27.3 Å². The number of hydrogen-bond donors (Lipinski definition) is 1. The highest BCUT2D eigenvalue weighted by atomic mass is 32.2. The Morgan fingerprint density at radius 1 is 1.32 bits per heavy atom. The number of aromatic nitrogens is 1. The van der Waals surface area contributed by atoms with Crippen molar-refractivity contribution in [2.75, 3.05) is 11.5 Å². The zero-order valence-electron chi connectivity index (χ0n) is 14.6. The number of aryl methyl sites for hydroxylation is 2. The number of nitrogens with zero attached hydrogens (tertiary/aromatic N) is 1. The molecule has 1 aromatic heterocycles. The van der Waals surface area contributed by atoms with Crippen molar-refractivity contribution in [3.8, 4) is 0 Å². The van der Waals surface area contributed by atoms with Crippen molar-refractivity contribution in [2.24, 2.45) is 0 Å². The Morgan fingerprint density at radius 2 is 2.08 bits per heavy atom. The van der Waals surface area contributed by atoms with Gasteiger partial charge in [0.2, 0.25) is 5.91 Å². The van der Waals surface area contributed by atoms with Gasteiger partial charge in [0, 0.05) is 11.4 Å². The van der Waals surface area contributed by atoms with Crippen LogP contribution in [0.3, 0.4) is 0 Å². The second kappa shape index (κ2) is 6.96. The van der Waals surface area contributed by atoms with Gasteiger partial charge in [-0.05, 0) is 44.4 Å². The molecule has 3 rings (SSSR count). The maximum atomic E-state index is 12.4. The highest BCUT2D eigenvalue weighted by Gasteiger charge is 2.30. The fraction of sp³-hybridized carbons (Fsp3) is 0.444. The number of carbonyl (C=O) groups is 1. The fourth-order valence-corrected chi connectivity index (χ4v) is 5.65. The summed E-state index contributed by atoms with van der Waals surface area (Å²) in [5.74, 6) is 0.0590. The maximum absolute atomic E-state index is 12.4. The molecule has 1 amide bonds. The first kappa shape index (κ1) is 18.2. The molecular weight excluding hydrogens is 356 g/mol. The maximum Gasteiger partial charge on any atom is 0.233 e. The van der Waals surface area contributed by atoms with E-state index in [9.17, 15) is 13.2 Å². The number of carbonyl (C=O) groups excluding carboxylic acids is 1. The predicted molar refractivity (Wildman–Crippen MR) is 102 cm³/mol. The molecule has 7 heteroatoms. The van der Waals surface area contributed by atoms with Crippen molar-refractivity contribution in [3.05, 3.63) is 35.4 Å². The third kappa shape index (κ3) is 4.15. The topological polar surface area (TPSA) is 76.1 Å². The van der Waals surface area contributed by atoms with Crippen molar-refractivity contribution in [3.63, 3.8) is 0 Å². The third-order valence-electron chi connectivity index (χ3n) is 4.47. The predicted octanol–water partition coefficient (Wildman–Crippen LogP) is 2.64. The first-order valence-corrected chi connectivity index (χ1v) is 11.0. The summed E-state index contributed by atoms with van der Waals surface area (Å²) in [6.07, 6.45) is 0.498. The fourth-order valence-electron chi connectivity index (χ4n) is 3.05. The third-order valence-corrected chi connectivity index (χ3v) is 7.26. The first-order chi connectivity index (χ1) is 11.7. The van der Waals surface area contributed by atoms with E-state index < -0.39 is 9.84 Å². The average Bonchev–Trinajstić information content (AvgIpc) is 2.87. The van der Waals surface area contributed by atoms with E-state index in [1.165, 1.54) is 11.8 Å². The molecule has 1 aliphatic heterocycles. The summed E-state index contributed by atoms with van der Waals surface area (Å²) in [5, 5.41) is 4.44. The average molecular weight is 379 g/mol. The number of amides is 1. The van der Waals surface area contributed by atoms with Gasteiger partial charge < -0.3 is 5.32 Å². The zero-order valence-corrected chi connectivity index (χ0v) is 16.2. The smallest absolute Gasteiger partial charge is 0.233 e. The van der Waals surface area contributed by atoms with Crippen LogP contribution in [-0.2, 0) is 14.6 Å². The molecule has 1 N–H and O–H groups in total. The van der Waals surface area contributed by atoms with Crippen LogP contribution in [-0.4, -0.2) is 42.1 Å². The molecule has 0 saturated carbocycles. The summed E-state index contributed by atoms with van der Waals surface area (Å²) in [6, 6.07) is 7.82. The number of pyridine rings is 1. The van der Waals surface area contributed by atoms with Crippen molar-refractivity contribution < 1.29 is 13.2 Å². The van der Waals surface area contributed by atoms with E-state index in [-0.39, 0.29) is 28.7 Å². The summed E-state index contributed by atoms with van der Waals surface area (Å²) in [4.78, 5) is 17.1. The van der Waals surface area contributed by atoms with Crippen molar-refractivity contribution >= 4 is 38.4 Å². The Bertz CT molecular complexity index is 925. The molecule has 2 heterocycles. The van der Waals surface area contributed by atoms with Crippen LogP contribution in [0.15, 0.2) is 29.3 Å². The van der Waals surface area contributed by atoms with Gasteiger partial charge in [0.25, 0.3) is 0 Å². The van der Waals surface area contributed by atoms with Crippen LogP contribution in [0.1, 0.15) is 24.5 Å². The van der Waals surface area contributed by atoms with E-state index in [2.05, 4.69) is 11.4 Å². The van der Waals surface area contributed by atoms with Gasteiger partial charge in [-0.3, -0.25) is 4.79 Å². The molecule has 1 aliphatic rings. The monoisotopic (exact) mass is 378 g/mol. The van der Waals surface area contributed by atoms with Crippen LogP contribution < -0.4 is 5.32 Å². The quantitative estimate of drug-likeness (QED) is 0.828. The summed E-state index contributed by atoms with van der Waals surface area (Å²) in [7, 11) is -2.99. The van der Waals surface area contributed by atoms with Gasteiger partial charge in [0.15, 0.2) is 9.84 Å². The molecule has 0 bridgehead atoms. The van der Waals surface area contributed by atoms with Crippen LogP contribution in [0.25, 0.3) is 10.9 Å². The Kier molecular flexibility index (Phi) is 5.06. The van der Waals surface area contributed by atoms with Crippen LogP contribution in [0.5, 0.6) is 0 Å². The van der Waals surface area contributed by atoms with Crippen molar-refractivity contribution in [2.45, 2.75) is 43.5 Å². The number of sulfone groups is 1. The van der Waals surface area contributed by atoms with E-state index in [4.69, 9.17) is 4.98 Å². The van der Waals surface area contributed by atoms with Crippen LogP contribution in [0, 0.1) is 13.8 Å². The Labute approximate surface area is 152 Å². The second-order valence-corrected chi connectivity index (χ2v) is 10.2. The number of fused-ring (bicyclic) bond motifs is 1. The summed E-state index contributed by atoms with van der Waals surface area (Å²) in [6.45, 7) is 5.89. The van der Waals surface area contributed by atoms with Crippen LogP contribution >= 0.6 is 11.8 Å². The van der Waals surface area contributed by atoms with Gasteiger partial charge >= 0.3 is 0 Å². The van der Waals surface area contributed by atoms with Gasteiger partial charge in [-0.25, -0.2) is 13.4 Å². The lowest BCUT2D eigenvalue weighted by molar-refractivity contribution is -0.120. The summed E-state index contributed by atoms with van der Waals surface area (Å²) in [5.41, 5.74) is 3.20. The SMILES string of the molecule is Cc1cc(S[C@@H](C)C(=O)N[C@@H]2CCS(=O)(=O)C2)nc2c(C)cccc12. The Balaban J connectivity index is 1.72. The molecule has 0 unspecified atom stereocenters. The Hall–Kier alpha value is -1.60. The first-order valence-electron chi connectivity index (χ1n) is 8.29. The van der Waals surface area contributed by atoms with Crippen LogP contribution in [0.4, 0.5) is 0 Å². The second-order valence-electron chi connectivity index (χ2n) is 6.62. The van der Waals surface area contributed by atoms with E-state index in [0.29, 0.717) is 6.42 Å². The number of benzene rings is 1. The minimum atomic E-state index is -2.99. The standard InChI is InChI=1S/C18H22N2O3S2/c1-11-5-4-6-15-12(2)9-16(20-17(11)15)24-13(3)18(21)19-14-7-8-25(22,23)10-14/h4-6,9,13-14H,7-8,10H2,1-3H3,(H,19,21)/t13-,14+/m0/s1. The molecule has 134 valence electrons. The highest BCUT2D eigenvalue weighted by Crippen LogP contribution is 2.28. The molecule has 5 nitrogen and oxygen atoms in total. The molecule has 1 saturated heterocycles. The minimum absolute atomic E-state index is 0.0443. The van der Waals surface area contributed by atoms with Crippen molar-refractivity contribution in [1.82, 2.24) is 10.3 Å². The lowest BCUT2D eigenvalue weighted by Gasteiger charge is -2.16. The van der Waals surface area contributed by atoms with E-state index in [0.717, 1.165) is 27.1 Å². The molecule has 0 aliphatic carbocycles. The minimum Gasteiger partial charge on any atom is -0.351 e. The molecule has 1 aromatic carbocycles. The zero-order chi connectivity index (χ0) is 18.2. The summed E-state index contributed by atoms with van der Waals surface area (Å²) >= 11 is 1.40. The van der Waals surface area contributed by atoms with E-state index in [1.807, 2.05) is 39.0 Å². The number of rotatable bonds is 4. The number of nitrogens with one attached hydrogen (secondary N) is 1. The van der Waals surface area contributed by atoms with E-state index >= 15 is 0 Å².